The Labute approximate surface area is 206 Å². The number of benzene rings is 4. The van der Waals surface area contributed by atoms with Crippen molar-refractivity contribution in [2.75, 3.05) is 7.11 Å². The van der Waals surface area contributed by atoms with Crippen LogP contribution in [0.2, 0.25) is 5.02 Å². The lowest BCUT2D eigenvalue weighted by molar-refractivity contribution is 0.0929. The van der Waals surface area contributed by atoms with Gasteiger partial charge < -0.3 is 13.9 Å². The molecule has 0 aliphatic rings. The summed E-state index contributed by atoms with van der Waals surface area (Å²) in [5, 5.41) is 7.74. The summed E-state index contributed by atoms with van der Waals surface area (Å²) in [5.41, 5.74) is 4.89. The van der Waals surface area contributed by atoms with Crippen LogP contribution in [0.4, 0.5) is 0 Å². The highest BCUT2D eigenvalue weighted by molar-refractivity contribution is 6.30. The first-order valence-corrected chi connectivity index (χ1v) is 11.3. The van der Waals surface area contributed by atoms with Crippen molar-refractivity contribution in [1.29, 1.82) is 0 Å². The fraction of sp³-hybridized carbons (Fsp3) is 0.0714. The number of nitrogens with zero attached hydrogens (tertiary/aromatic N) is 1. The van der Waals surface area contributed by atoms with Crippen molar-refractivity contribution in [3.05, 3.63) is 107 Å². The predicted molar refractivity (Wildman–Crippen MR) is 138 cm³/mol. The Morgan fingerprint density at radius 2 is 1.80 bits per heavy atom. The van der Waals surface area contributed by atoms with Gasteiger partial charge in [0.15, 0.2) is 17.3 Å². The van der Waals surface area contributed by atoms with E-state index in [1.165, 1.54) is 6.21 Å². The molecule has 0 fully saturated rings. The Bertz CT molecular complexity index is 1540. The summed E-state index contributed by atoms with van der Waals surface area (Å²) in [5.74, 6) is 0.907. The minimum atomic E-state index is -0.434. The number of carbonyl (C=O) groups excluding carboxylic acids is 1. The molecule has 4 aromatic carbocycles. The van der Waals surface area contributed by atoms with Gasteiger partial charge in [-0.25, -0.2) is 5.43 Å². The molecular formula is C28H21ClN2O4. The van der Waals surface area contributed by atoms with Crippen LogP contribution >= 0.6 is 11.6 Å². The highest BCUT2D eigenvalue weighted by Gasteiger charge is 2.13. The molecule has 0 atom stereocenters. The van der Waals surface area contributed by atoms with Crippen LogP contribution in [0.15, 0.2) is 94.4 Å². The van der Waals surface area contributed by atoms with Crippen LogP contribution in [-0.4, -0.2) is 19.2 Å². The fourth-order valence-electron chi connectivity index (χ4n) is 3.75. The number of ether oxygens (including phenoxy) is 2. The molecule has 7 heteroatoms. The summed E-state index contributed by atoms with van der Waals surface area (Å²) in [6.07, 6.45) is 1.53. The molecule has 1 amide bonds. The van der Waals surface area contributed by atoms with E-state index in [-0.39, 0.29) is 5.76 Å². The minimum absolute atomic E-state index is 0.192. The van der Waals surface area contributed by atoms with E-state index in [1.807, 2.05) is 66.7 Å². The molecular weight excluding hydrogens is 464 g/mol. The summed E-state index contributed by atoms with van der Waals surface area (Å²) in [4.78, 5) is 12.6. The zero-order valence-electron chi connectivity index (χ0n) is 18.8. The molecule has 5 rings (SSSR count). The number of methoxy groups -OCH3 is 1. The molecule has 6 nitrogen and oxygen atoms in total. The van der Waals surface area contributed by atoms with E-state index in [4.69, 9.17) is 25.5 Å². The molecule has 1 N–H and O–H groups in total. The Morgan fingerprint density at radius 1 is 0.971 bits per heavy atom. The van der Waals surface area contributed by atoms with Crippen LogP contribution in [0.3, 0.4) is 0 Å². The molecule has 0 saturated heterocycles. The van der Waals surface area contributed by atoms with E-state index >= 15 is 0 Å². The number of carbonyl (C=O) groups is 1. The predicted octanol–water partition coefficient (Wildman–Crippen LogP) is 6.59. The maximum absolute atomic E-state index is 12.6. The van der Waals surface area contributed by atoms with E-state index in [2.05, 4.69) is 10.5 Å². The van der Waals surface area contributed by atoms with Crippen LogP contribution in [0, 0.1) is 0 Å². The first kappa shape index (κ1) is 22.5. The monoisotopic (exact) mass is 484 g/mol. The van der Waals surface area contributed by atoms with Gasteiger partial charge in [-0.2, -0.15) is 5.10 Å². The van der Waals surface area contributed by atoms with E-state index in [0.717, 1.165) is 27.3 Å². The molecule has 1 heterocycles. The average molecular weight is 485 g/mol. The summed E-state index contributed by atoms with van der Waals surface area (Å²) >= 11 is 5.92. The van der Waals surface area contributed by atoms with Crippen molar-refractivity contribution in [3.8, 4) is 11.5 Å². The molecule has 0 spiro atoms. The van der Waals surface area contributed by atoms with Gasteiger partial charge in [0.1, 0.15) is 12.2 Å². The average Bonchev–Trinajstić information content (AvgIpc) is 3.34. The highest BCUT2D eigenvalue weighted by Crippen LogP contribution is 2.29. The first-order valence-electron chi connectivity index (χ1n) is 10.9. The third kappa shape index (κ3) is 4.98. The van der Waals surface area contributed by atoms with Gasteiger partial charge in [0.05, 0.1) is 13.3 Å². The quantitative estimate of drug-likeness (QED) is 0.209. The van der Waals surface area contributed by atoms with Crippen molar-refractivity contribution in [3.63, 3.8) is 0 Å². The number of furan rings is 1. The molecule has 35 heavy (non-hydrogen) atoms. The van der Waals surface area contributed by atoms with Crippen LogP contribution in [0.5, 0.6) is 11.5 Å². The number of fused-ring (bicyclic) bond motifs is 3. The number of nitrogens with one attached hydrogen (secondary N) is 1. The van der Waals surface area contributed by atoms with Gasteiger partial charge in [-0.3, -0.25) is 4.79 Å². The molecule has 0 bridgehead atoms. The molecule has 0 aliphatic heterocycles. The Balaban J connectivity index is 1.26. The van der Waals surface area contributed by atoms with E-state index in [0.29, 0.717) is 28.7 Å². The molecule has 0 unspecified atom stereocenters. The lowest BCUT2D eigenvalue weighted by atomic mass is 10.1. The zero-order chi connectivity index (χ0) is 24.2. The first-order chi connectivity index (χ1) is 17.1. The summed E-state index contributed by atoms with van der Waals surface area (Å²) in [7, 11) is 1.57. The second-order valence-corrected chi connectivity index (χ2v) is 8.27. The number of halogens is 1. The third-order valence-corrected chi connectivity index (χ3v) is 5.78. The van der Waals surface area contributed by atoms with Crippen molar-refractivity contribution < 1.29 is 18.7 Å². The lowest BCUT2D eigenvalue weighted by Gasteiger charge is -2.11. The second kappa shape index (κ2) is 9.91. The van der Waals surface area contributed by atoms with Crippen molar-refractivity contribution in [2.45, 2.75) is 6.61 Å². The molecule has 1 aromatic heterocycles. The molecule has 0 saturated carbocycles. The number of rotatable bonds is 7. The van der Waals surface area contributed by atoms with Gasteiger partial charge >= 0.3 is 5.91 Å². The summed E-state index contributed by atoms with van der Waals surface area (Å²) in [6, 6.07) is 26.4. The van der Waals surface area contributed by atoms with Gasteiger partial charge in [0.2, 0.25) is 0 Å². The largest absolute Gasteiger partial charge is 0.493 e. The van der Waals surface area contributed by atoms with E-state index in [9.17, 15) is 4.79 Å². The summed E-state index contributed by atoms with van der Waals surface area (Å²) < 4.78 is 17.1. The van der Waals surface area contributed by atoms with Crippen LogP contribution in [0.1, 0.15) is 21.7 Å². The van der Waals surface area contributed by atoms with Crippen LogP contribution < -0.4 is 14.9 Å². The lowest BCUT2D eigenvalue weighted by Crippen LogP contribution is -2.16. The zero-order valence-corrected chi connectivity index (χ0v) is 19.6. The van der Waals surface area contributed by atoms with Crippen LogP contribution in [-0.2, 0) is 6.61 Å². The highest BCUT2D eigenvalue weighted by atomic mass is 35.5. The SMILES string of the molecule is COc1cc(C=NNC(=O)c2cc3c(ccc4ccccc43)o2)ccc1OCc1ccc(Cl)cc1. The van der Waals surface area contributed by atoms with Crippen molar-refractivity contribution >= 4 is 45.5 Å². The van der Waals surface area contributed by atoms with Gasteiger partial charge in [-0.1, -0.05) is 54.1 Å². The maximum atomic E-state index is 12.6. The normalized spacial score (nSPS) is 11.3. The number of hydrazone groups is 1. The molecule has 0 radical (unpaired) electrons. The maximum Gasteiger partial charge on any atom is 0.307 e. The van der Waals surface area contributed by atoms with E-state index < -0.39 is 5.91 Å². The van der Waals surface area contributed by atoms with Gasteiger partial charge in [0.25, 0.3) is 0 Å². The van der Waals surface area contributed by atoms with Crippen molar-refractivity contribution in [1.82, 2.24) is 5.43 Å². The molecule has 174 valence electrons. The number of hydrogen-bond acceptors (Lipinski definition) is 5. The van der Waals surface area contributed by atoms with E-state index in [1.54, 1.807) is 25.3 Å². The minimum Gasteiger partial charge on any atom is -0.493 e. The standard InChI is InChI=1S/C28H21ClN2O4/c1-33-26-14-19(8-12-25(26)34-17-18-6-10-21(29)11-7-18)16-30-31-28(32)27-15-23-22-5-3-2-4-20(22)9-13-24(23)35-27/h2-16H,17H2,1H3,(H,31,32). The second-order valence-electron chi connectivity index (χ2n) is 7.83. The fourth-order valence-corrected chi connectivity index (χ4v) is 3.88. The molecule has 5 aromatic rings. The van der Waals surface area contributed by atoms with Crippen LogP contribution in [0.25, 0.3) is 21.7 Å². The van der Waals surface area contributed by atoms with Gasteiger partial charge in [-0.05, 0) is 64.4 Å². The Kier molecular flexibility index (Phi) is 6.37. The Hall–Kier alpha value is -4.29. The number of hydrogen-bond donors (Lipinski definition) is 1. The third-order valence-electron chi connectivity index (χ3n) is 5.52. The van der Waals surface area contributed by atoms with Crippen molar-refractivity contribution in [2.24, 2.45) is 5.10 Å². The topological polar surface area (TPSA) is 73.1 Å². The van der Waals surface area contributed by atoms with Gasteiger partial charge in [-0.15, -0.1) is 0 Å². The smallest absolute Gasteiger partial charge is 0.307 e. The Morgan fingerprint density at radius 3 is 2.63 bits per heavy atom. The van der Waals surface area contributed by atoms with Gasteiger partial charge in [0, 0.05) is 10.4 Å². The summed E-state index contributed by atoms with van der Waals surface area (Å²) in [6.45, 7) is 0.379. The number of amides is 1. The molecule has 0 aliphatic carbocycles.